The minimum Gasteiger partial charge on any atom is -0.482 e. The van der Waals surface area contributed by atoms with Crippen LogP contribution in [0.3, 0.4) is 0 Å². The van der Waals surface area contributed by atoms with Crippen LogP contribution < -0.4 is 15.2 Å². The van der Waals surface area contributed by atoms with Crippen LogP contribution >= 0.6 is 0 Å². The third-order valence-electron chi connectivity index (χ3n) is 7.98. The average Bonchev–Trinajstić information content (AvgIpc) is 3.00. The molecular formula is C34H35N3O3. The number of carbonyl (C=O) groups is 1. The molecular weight excluding hydrogens is 498 g/mol. The van der Waals surface area contributed by atoms with Gasteiger partial charge in [0.25, 0.3) is 5.91 Å². The smallest absolute Gasteiger partial charge is 0.277 e. The molecule has 6 heteroatoms. The van der Waals surface area contributed by atoms with Crippen molar-refractivity contribution in [2.24, 2.45) is 0 Å². The van der Waals surface area contributed by atoms with Gasteiger partial charge in [0.2, 0.25) is 5.43 Å². The van der Waals surface area contributed by atoms with Crippen LogP contribution in [0.4, 0.5) is 0 Å². The molecule has 1 amide bonds. The molecule has 40 heavy (non-hydrogen) atoms. The second-order valence-electron chi connectivity index (χ2n) is 10.7. The molecule has 0 radical (unpaired) electrons. The molecule has 0 saturated heterocycles. The van der Waals surface area contributed by atoms with Gasteiger partial charge >= 0.3 is 0 Å². The first-order valence-corrected chi connectivity index (χ1v) is 14.3. The van der Waals surface area contributed by atoms with E-state index in [1.165, 1.54) is 23.6 Å². The van der Waals surface area contributed by atoms with E-state index in [9.17, 15) is 9.59 Å². The Hall–Kier alpha value is -4.32. The highest BCUT2D eigenvalue weighted by Crippen LogP contribution is 2.35. The molecule has 0 spiro atoms. The van der Waals surface area contributed by atoms with E-state index in [1.54, 1.807) is 6.20 Å². The number of aryl methyl sites for hydroxylation is 1. The van der Waals surface area contributed by atoms with Crippen molar-refractivity contribution in [3.63, 3.8) is 0 Å². The summed E-state index contributed by atoms with van der Waals surface area (Å²) >= 11 is 0. The van der Waals surface area contributed by atoms with E-state index < -0.39 is 0 Å². The van der Waals surface area contributed by atoms with Gasteiger partial charge < -0.3 is 9.64 Å². The lowest BCUT2D eigenvalue weighted by atomic mass is 9.91. The maximum atomic E-state index is 14.0. The van der Waals surface area contributed by atoms with Crippen molar-refractivity contribution in [3.8, 4) is 5.75 Å². The van der Waals surface area contributed by atoms with Gasteiger partial charge in [-0.15, -0.1) is 0 Å². The zero-order valence-electron chi connectivity index (χ0n) is 22.7. The minimum absolute atomic E-state index is 0.107. The van der Waals surface area contributed by atoms with Crippen LogP contribution in [0, 0.1) is 0 Å². The Bertz CT molecular complexity index is 1520. The van der Waals surface area contributed by atoms with Gasteiger partial charge in [0.1, 0.15) is 13.3 Å². The van der Waals surface area contributed by atoms with Crippen LogP contribution in [0.15, 0.2) is 102 Å². The Morgan fingerprint density at radius 2 is 1.45 bits per heavy atom. The van der Waals surface area contributed by atoms with Crippen molar-refractivity contribution in [3.05, 3.63) is 135 Å². The Morgan fingerprint density at radius 3 is 2.27 bits per heavy atom. The number of aromatic nitrogens is 1. The molecule has 204 valence electrons. The summed E-state index contributed by atoms with van der Waals surface area (Å²) in [6.45, 7) is 1.27. The van der Waals surface area contributed by atoms with Crippen LogP contribution in [-0.2, 0) is 13.0 Å². The lowest BCUT2D eigenvalue weighted by Crippen LogP contribution is -2.56. The highest BCUT2D eigenvalue weighted by molar-refractivity contribution is 5.96. The van der Waals surface area contributed by atoms with Gasteiger partial charge in [-0.2, -0.15) is 0 Å². The summed E-state index contributed by atoms with van der Waals surface area (Å²) < 4.78 is 8.02. The third kappa shape index (κ3) is 5.26. The van der Waals surface area contributed by atoms with Gasteiger partial charge in [-0.3, -0.25) is 19.3 Å². The van der Waals surface area contributed by atoms with E-state index in [0.29, 0.717) is 18.9 Å². The Morgan fingerprint density at radius 1 is 0.750 bits per heavy atom. The van der Waals surface area contributed by atoms with E-state index in [-0.39, 0.29) is 29.7 Å². The number of ether oxygens (including phenoxy) is 1. The van der Waals surface area contributed by atoms with Gasteiger partial charge in [0.15, 0.2) is 11.4 Å². The zero-order valence-corrected chi connectivity index (χ0v) is 22.7. The summed E-state index contributed by atoms with van der Waals surface area (Å²) in [6, 6.07) is 30.2. The maximum absolute atomic E-state index is 14.0. The molecule has 2 aliphatic heterocycles. The number of benzene rings is 3. The Labute approximate surface area is 235 Å². The van der Waals surface area contributed by atoms with E-state index in [0.717, 1.165) is 43.2 Å². The number of hydrogen-bond acceptors (Lipinski definition) is 4. The molecule has 1 atom stereocenters. The van der Waals surface area contributed by atoms with Crippen molar-refractivity contribution in [2.75, 3.05) is 18.2 Å². The normalized spacial score (nSPS) is 17.6. The number of amides is 1. The minimum atomic E-state index is -0.285. The zero-order chi connectivity index (χ0) is 27.3. The monoisotopic (exact) mass is 533 g/mol. The standard InChI is InChI=1S/C34H35N3O3/c38-30-21-23-36-32(33(30)40-24-26-14-6-4-7-15-26)34(39)35-22-13-3-1-2-8-16-27-17-11-12-20-29(27)31(37(36)25-35)28-18-9-5-10-19-28/h4-7,9-12,14-15,17-21,23,31H,1-3,8,13,16,22,24-25H2. The Kier molecular flexibility index (Phi) is 7.67. The maximum Gasteiger partial charge on any atom is 0.277 e. The van der Waals surface area contributed by atoms with E-state index in [4.69, 9.17) is 4.74 Å². The van der Waals surface area contributed by atoms with Crippen molar-refractivity contribution in [1.29, 1.82) is 0 Å². The van der Waals surface area contributed by atoms with Crippen molar-refractivity contribution in [2.45, 2.75) is 51.2 Å². The average molecular weight is 534 g/mol. The SMILES string of the molecule is O=C1c2c(OCc3ccccc3)c(=O)ccn2N2CN1CCCCCCCc1ccccc1C2c1ccccc1. The van der Waals surface area contributed by atoms with Crippen molar-refractivity contribution >= 4 is 5.91 Å². The molecule has 3 heterocycles. The first-order valence-electron chi connectivity index (χ1n) is 14.3. The highest BCUT2D eigenvalue weighted by atomic mass is 16.5. The molecule has 1 aromatic heterocycles. The van der Waals surface area contributed by atoms with E-state index in [1.807, 2.05) is 46.0 Å². The number of carbonyl (C=O) groups excluding carboxylic acids is 1. The number of nitrogens with zero attached hydrogens (tertiary/aromatic N) is 3. The predicted octanol–water partition coefficient (Wildman–Crippen LogP) is 6.07. The molecule has 3 aromatic carbocycles. The van der Waals surface area contributed by atoms with Crippen LogP contribution in [0.5, 0.6) is 5.75 Å². The third-order valence-corrected chi connectivity index (χ3v) is 7.98. The fourth-order valence-corrected chi connectivity index (χ4v) is 5.95. The molecule has 2 aliphatic rings. The van der Waals surface area contributed by atoms with Crippen LogP contribution in [-0.4, -0.2) is 28.7 Å². The predicted molar refractivity (Wildman–Crippen MR) is 157 cm³/mol. The second-order valence-corrected chi connectivity index (χ2v) is 10.7. The number of pyridine rings is 1. The number of rotatable bonds is 4. The molecule has 0 fully saturated rings. The first kappa shape index (κ1) is 25.9. The lowest BCUT2D eigenvalue weighted by molar-refractivity contribution is 0.0673. The second kappa shape index (κ2) is 11.8. The molecule has 6 rings (SSSR count). The summed E-state index contributed by atoms with van der Waals surface area (Å²) in [5.74, 6) is -0.0533. The van der Waals surface area contributed by atoms with Gasteiger partial charge in [0.05, 0.1) is 6.04 Å². The van der Waals surface area contributed by atoms with Crippen LogP contribution in [0.2, 0.25) is 0 Å². The van der Waals surface area contributed by atoms with Crippen molar-refractivity contribution < 1.29 is 9.53 Å². The fraction of sp³-hybridized carbons (Fsp3) is 0.294. The van der Waals surface area contributed by atoms with Gasteiger partial charge in [0, 0.05) is 18.8 Å². The fourth-order valence-electron chi connectivity index (χ4n) is 5.95. The van der Waals surface area contributed by atoms with Crippen molar-refractivity contribution in [1.82, 2.24) is 9.58 Å². The van der Waals surface area contributed by atoms with Crippen LogP contribution in [0.25, 0.3) is 0 Å². The molecule has 2 bridgehead atoms. The van der Waals surface area contributed by atoms with Gasteiger partial charge in [-0.25, -0.2) is 0 Å². The van der Waals surface area contributed by atoms with E-state index in [2.05, 4.69) is 53.5 Å². The molecule has 6 nitrogen and oxygen atoms in total. The van der Waals surface area contributed by atoms with Gasteiger partial charge in [-0.05, 0) is 41.5 Å². The molecule has 0 aliphatic carbocycles. The molecule has 0 saturated carbocycles. The lowest BCUT2D eigenvalue weighted by Gasteiger charge is -2.44. The van der Waals surface area contributed by atoms with Crippen LogP contribution in [0.1, 0.15) is 70.9 Å². The quantitative estimate of drug-likeness (QED) is 0.319. The summed E-state index contributed by atoms with van der Waals surface area (Å²) in [6.07, 6.45) is 8.22. The van der Waals surface area contributed by atoms with E-state index >= 15 is 0 Å². The first-order chi connectivity index (χ1) is 19.7. The summed E-state index contributed by atoms with van der Waals surface area (Å²) in [5, 5.41) is 2.22. The summed E-state index contributed by atoms with van der Waals surface area (Å²) in [5.41, 5.74) is 4.63. The molecule has 1 unspecified atom stereocenters. The number of hydrogen-bond donors (Lipinski definition) is 0. The largest absolute Gasteiger partial charge is 0.482 e. The number of fused-ring (bicyclic) bond motifs is 5. The molecule has 0 N–H and O–H groups in total. The topological polar surface area (TPSA) is 54.8 Å². The highest BCUT2D eigenvalue weighted by Gasteiger charge is 2.37. The summed E-state index contributed by atoms with van der Waals surface area (Å²) in [7, 11) is 0. The summed E-state index contributed by atoms with van der Waals surface area (Å²) in [4.78, 5) is 29.2. The molecule has 4 aromatic rings. The Balaban J connectivity index is 1.52. The van der Waals surface area contributed by atoms with Gasteiger partial charge in [-0.1, -0.05) is 104 Å².